The van der Waals surface area contributed by atoms with Gasteiger partial charge in [-0.15, -0.1) is 0 Å². The molecule has 7 heteroatoms. The van der Waals surface area contributed by atoms with Crippen LogP contribution in [0.25, 0.3) is 0 Å². The molecule has 0 aromatic heterocycles. The Hall–Kier alpha value is -1.34. The molecular formula is C12H23N3O4. The number of carboxylic acid groups (broad SMARTS) is 1. The number of nitrogens with zero attached hydrogens (tertiary/aromatic N) is 1. The number of rotatable bonds is 6. The highest BCUT2D eigenvalue weighted by atomic mass is 16.4. The lowest BCUT2D eigenvalue weighted by Crippen LogP contribution is -2.48. The zero-order chi connectivity index (χ0) is 14.4. The summed E-state index contributed by atoms with van der Waals surface area (Å²) in [7, 11) is 0. The van der Waals surface area contributed by atoms with Crippen LogP contribution in [0.3, 0.4) is 0 Å². The Bertz CT molecular complexity index is 322. The first kappa shape index (κ1) is 15.7. The smallest absolute Gasteiger partial charge is 0.328 e. The van der Waals surface area contributed by atoms with Crippen molar-refractivity contribution in [2.45, 2.75) is 32.4 Å². The lowest BCUT2D eigenvalue weighted by atomic mass is 10.1. The fourth-order valence-electron chi connectivity index (χ4n) is 2.13. The third kappa shape index (κ3) is 5.04. The van der Waals surface area contributed by atoms with Gasteiger partial charge in [0.1, 0.15) is 0 Å². The molecule has 1 saturated heterocycles. The number of carbonyl (C=O) groups is 2. The van der Waals surface area contributed by atoms with E-state index >= 15 is 0 Å². The maximum absolute atomic E-state index is 11.5. The lowest BCUT2D eigenvalue weighted by Gasteiger charge is -2.20. The van der Waals surface area contributed by atoms with E-state index < -0.39 is 24.6 Å². The highest BCUT2D eigenvalue weighted by Gasteiger charge is 2.25. The Kier molecular flexibility index (Phi) is 6.04. The minimum atomic E-state index is -1.25. The van der Waals surface area contributed by atoms with Crippen molar-refractivity contribution < 1.29 is 19.8 Å². The van der Waals surface area contributed by atoms with E-state index in [9.17, 15) is 9.59 Å². The summed E-state index contributed by atoms with van der Waals surface area (Å²) in [5.41, 5.74) is 0. The van der Waals surface area contributed by atoms with E-state index in [2.05, 4.69) is 29.4 Å². The Morgan fingerprint density at radius 1 is 1.42 bits per heavy atom. The van der Waals surface area contributed by atoms with Gasteiger partial charge in [0.05, 0.1) is 6.61 Å². The molecule has 0 bridgehead atoms. The molecule has 19 heavy (non-hydrogen) atoms. The Labute approximate surface area is 113 Å². The van der Waals surface area contributed by atoms with E-state index in [1.54, 1.807) is 0 Å². The van der Waals surface area contributed by atoms with Crippen molar-refractivity contribution in [2.24, 2.45) is 5.92 Å². The average Bonchev–Trinajstić information content (AvgIpc) is 2.82. The van der Waals surface area contributed by atoms with Gasteiger partial charge in [0.15, 0.2) is 6.04 Å². The lowest BCUT2D eigenvalue weighted by molar-refractivity contribution is -0.140. The van der Waals surface area contributed by atoms with Gasteiger partial charge in [-0.25, -0.2) is 9.59 Å². The van der Waals surface area contributed by atoms with Gasteiger partial charge in [-0.2, -0.15) is 0 Å². The molecular weight excluding hydrogens is 250 g/mol. The molecule has 0 aromatic rings. The van der Waals surface area contributed by atoms with Gasteiger partial charge in [-0.3, -0.25) is 0 Å². The Balaban J connectivity index is 2.26. The number of nitrogens with one attached hydrogen (secondary N) is 2. The number of urea groups is 1. The van der Waals surface area contributed by atoms with Gasteiger partial charge in [-0.05, 0) is 32.7 Å². The summed E-state index contributed by atoms with van der Waals surface area (Å²) in [6, 6.07) is -1.30. The van der Waals surface area contributed by atoms with E-state index in [0.717, 1.165) is 19.5 Å². The van der Waals surface area contributed by atoms with Crippen molar-refractivity contribution >= 4 is 12.0 Å². The summed E-state index contributed by atoms with van der Waals surface area (Å²) in [6.07, 6.45) is 1.03. The first-order valence-electron chi connectivity index (χ1n) is 6.56. The number of carboxylic acids is 1. The summed E-state index contributed by atoms with van der Waals surface area (Å²) < 4.78 is 0. The summed E-state index contributed by atoms with van der Waals surface area (Å²) in [5, 5.41) is 22.3. The Morgan fingerprint density at radius 3 is 2.58 bits per heavy atom. The summed E-state index contributed by atoms with van der Waals surface area (Å²) in [6.45, 7) is 6.16. The van der Waals surface area contributed by atoms with E-state index in [-0.39, 0.29) is 0 Å². The van der Waals surface area contributed by atoms with Crippen molar-refractivity contribution in [3.63, 3.8) is 0 Å². The molecule has 0 spiro atoms. The third-order valence-electron chi connectivity index (χ3n) is 3.38. The molecule has 2 amide bonds. The number of aliphatic carboxylic acids is 1. The Morgan fingerprint density at radius 2 is 2.11 bits per heavy atom. The largest absolute Gasteiger partial charge is 0.480 e. The highest BCUT2D eigenvalue weighted by molar-refractivity contribution is 5.82. The molecule has 0 aromatic carbocycles. The quantitative estimate of drug-likeness (QED) is 0.521. The van der Waals surface area contributed by atoms with Crippen molar-refractivity contribution in [1.29, 1.82) is 0 Å². The van der Waals surface area contributed by atoms with Crippen LogP contribution in [0.5, 0.6) is 0 Å². The zero-order valence-electron chi connectivity index (χ0n) is 11.4. The number of hydrogen-bond donors (Lipinski definition) is 4. The first-order chi connectivity index (χ1) is 8.93. The van der Waals surface area contributed by atoms with Crippen LogP contribution in [-0.4, -0.2) is 65.4 Å². The maximum Gasteiger partial charge on any atom is 0.328 e. The number of likely N-dealkylation sites (tertiary alicyclic amines) is 1. The predicted molar refractivity (Wildman–Crippen MR) is 69.9 cm³/mol. The van der Waals surface area contributed by atoms with Crippen molar-refractivity contribution in [3.8, 4) is 0 Å². The second-order valence-corrected chi connectivity index (χ2v) is 5.17. The molecule has 1 aliphatic heterocycles. The van der Waals surface area contributed by atoms with Crippen LogP contribution in [0.4, 0.5) is 4.79 Å². The minimum Gasteiger partial charge on any atom is -0.480 e. The molecule has 2 atom stereocenters. The monoisotopic (exact) mass is 273 g/mol. The minimum absolute atomic E-state index is 0.394. The molecule has 110 valence electrons. The second kappa shape index (κ2) is 7.30. The van der Waals surface area contributed by atoms with Crippen LogP contribution < -0.4 is 10.6 Å². The van der Waals surface area contributed by atoms with Crippen molar-refractivity contribution in [3.05, 3.63) is 0 Å². The molecule has 0 saturated carbocycles. The topological polar surface area (TPSA) is 102 Å². The molecule has 4 N–H and O–H groups in total. The van der Waals surface area contributed by atoms with E-state index in [1.165, 1.54) is 0 Å². The molecule has 1 heterocycles. The normalized spacial score (nSPS) is 21.4. The summed E-state index contributed by atoms with van der Waals surface area (Å²) in [4.78, 5) is 24.5. The van der Waals surface area contributed by atoms with Crippen LogP contribution >= 0.6 is 0 Å². The standard InChI is InChI=1S/C12H23N3O4/c1-8(2)15-4-3-9(6-15)5-13-12(19)14-10(7-16)11(17)18/h8-10,16H,3-7H2,1-2H3,(H,17,18)(H2,13,14,19)/t9?,10-/m0/s1. The van der Waals surface area contributed by atoms with Gasteiger partial charge in [0.25, 0.3) is 0 Å². The second-order valence-electron chi connectivity index (χ2n) is 5.17. The predicted octanol–water partition coefficient (Wildman–Crippen LogP) is -0.539. The summed E-state index contributed by atoms with van der Waals surface area (Å²) in [5.74, 6) is -0.852. The van der Waals surface area contributed by atoms with Crippen LogP contribution in [0, 0.1) is 5.92 Å². The molecule has 0 aliphatic carbocycles. The average molecular weight is 273 g/mol. The maximum atomic E-state index is 11.5. The fourth-order valence-corrected chi connectivity index (χ4v) is 2.13. The van der Waals surface area contributed by atoms with Crippen LogP contribution in [0.2, 0.25) is 0 Å². The molecule has 1 rings (SSSR count). The van der Waals surface area contributed by atoms with Gasteiger partial charge >= 0.3 is 12.0 Å². The number of aliphatic hydroxyl groups is 1. The fraction of sp³-hybridized carbons (Fsp3) is 0.833. The zero-order valence-corrected chi connectivity index (χ0v) is 11.4. The molecule has 0 radical (unpaired) electrons. The SMILES string of the molecule is CC(C)N1CCC(CNC(=O)N[C@@H](CO)C(=O)O)C1. The summed E-state index contributed by atoms with van der Waals surface area (Å²) >= 11 is 0. The van der Waals surface area contributed by atoms with Crippen LogP contribution in [0.1, 0.15) is 20.3 Å². The molecule has 1 fully saturated rings. The van der Waals surface area contributed by atoms with E-state index in [0.29, 0.717) is 18.5 Å². The third-order valence-corrected chi connectivity index (χ3v) is 3.38. The van der Waals surface area contributed by atoms with Crippen molar-refractivity contribution in [2.75, 3.05) is 26.2 Å². The number of carbonyl (C=O) groups excluding carboxylic acids is 1. The van der Waals surface area contributed by atoms with Gasteiger partial charge in [0.2, 0.25) is 0 Å². The first-order valence-corrected chi connectivity index (χ1v) is 6.56. The van der Waals surface area contributed by atoms with Crippen LogP contribution in [0.15, 0.2) is 0 Å². The van der Waals surface area contributed by atoms with Gasteiger partial charge < -0.3 is 25.7 Å². The number of aliphatic hydroxyl groups excluding tert-OH is 1. The van der Waals surface area contributed by atoms with Gasteiger partial charge in [-0.1, -0.05) is 0 Å². The highest BCUT2D eigenvalue weighted by Crippen LogP contribution is 2.17. The van der Waals surface area contributed by atoms with Crippen LogP contribution in [-0.2, 0) is 4.79 Å². The molecule has 1 aliphatic rings. The number of hydrogen-bond acceptors (Lipinski definition) is 4. The van der Waals surface area contributed by atoms with E-state index in [4.69, 9.17) is 10.2 Å². The van der Waals surface area contributed by atoms with Crippen molar-refractivity contribution in [1.82, 2.24) is 15.5 Å². The number of amides is 2. The van der Waals surface area contributed by atoms with E-state index in [1.807, 2.05) is 0 Å². The van der Waals surface area contributed by atoms with Gasteiger partial charge in [0, 0.05) is 19.1 Å². The molecule has 7 nitrogen and oxygen atoms in total. The molecule has 1 unspecified atom stereocenters.